The molecule has 0 radical (unpaired) electrons. The Morgan fingerprint density at radius 2 is 1.25 bits per heavy atom. The molecule has 0 spiro atoms. The van der Waals surface area contributed by atoms with Crippen LogP contribution in [0.4, 0.5) is 0 Å². The first-order valence-corrected chi connectivity index (χ1v) is 22.0. The maximum atomic E-state index is 2.83. The molecule has 11 unspecified atom stereocenters. The zero-order chi connectivity index (χ0) is 35.2. The zero-order valence-electron chi connectivity index (χ0n) is 33.2. The Bertz CT molecular complexity index is 1880. The van der Waals surface area contributed by atoms with Crippen LogP contribution in [0, 0.1) is 61.1 Å². The van der Waals surface area contributed by atoms with Gasteiger partial charge < -0.3 is 24.8 Å². The molecule has 2 bridgehead atoms. The van der Waals surface area contributed by atoms with Gasteiger partial charge in [-0.15, -0.1) is 0 Å². The van der Waals surface area contributed by atoms with Gasteiger partial charge in [-0.3, -0.25) is 0 Å². The minimum atomic E-state index is -1.16. The van der Waals surface area contributed by atoms with Crippen molar-refractivity contribution >= 4 is 0 Å². The molecular formula is C48H60Cl2Zr. The van der Waals surface area contributed by atoms with Crippen LogP contribution in [0.15, 0.2) is 123 Å². The number of halogens is 2. The van der Waals surface area contributed by atoms with E-state index >= 15 is 0 Å². The van der Waals surface area contributed by atoms with Crippen LogP contribution >= 0.6 is 0 Å². The molecule has 2 fully saturated rings. The van der Waals surface area contributed by atoms with E-state index in [1.165, 1.54) is 18.4 Å². The second-order valence-corrected chi connectivity index (χ2v) is 22.8. The van der Waals surface area contributed by atoms with E-state index in [1.807, 2.05) is 14.4 Å². The largest absolute Gasteiger partial charge is 1.00 e. The first-order valence-electron chi connectivity index (χ1n) is 19.3. The minimum absolute atomic E-state index is 0. The number of fused-ring (bicyclic) bond motifs is 9. The molecule has 0 nitrogen and oxygen atoms in total. The fraction of sp³-hybridized carbons (Fsp3) is 0.542. The van der Waals surface area contributed by atoms with E-state index in [1.54, 1.807) is 11.1 Å². The molecule has 0 N–H and O–H groups in total. The molecule has 0 saturated heterocycles. The summed E-state index contributed by atoms with van der Waals surface area (Å²) in [5.41, 5.74) is 8.69. The fourth-order valence-corrected chi connectivity index (χ4v) is 21.3. The molecule has 0 amide bonds. The van der Waals surface area contributed by atoms with Gasteiger partial charge in [0, 0.05) is 0 Å². The summed E-state index contributed by atoms with van der Waals surface area (Å²) in [5, 5.41) is 0. The number of rotatable bonds is 5. The number of allylic oxidation sites excluding steroid dienone is 16. The van der Waals surface area contributed by atoms with Crippen LogP contribution in [0.2, 0.25) is 3.63 Å². The van der Waals surface area contributed by atoms with Crippen LogP contribution in [0.3, 0.4) is 0 Å². The average Bonchev–Trinajstić information content (AvgIpc) is 3.60. The van der Waals surface area contributed by atoms with Gasteiger partial charge in [-0.2, -0.15) is 0 Å². The van der Waals surface area contributed by atoms with Gasteiger partial charge in [0.15, 0.2) is 0 Å². The Morgan fingerprint density at radius 3 is 1.82 bits per heavy atom. The molecule has 0 aliphatic heterocycles. The molecular weight excluding hydrogens is 739 g/mol. The van der Waals surface area contributed by atoms with Crippen molar-refractivity contribution in [3.8, 4) is 0 Å². The molecule has 9 rings (SSSR count). The van der Waals surface area contributed by atoms with E-state index in [4.69, 9.17) is 0 Å². The molecule has 3 heteroatoms. The van der Waals surface area contributed by atoms with Gasteiger partial charge >= 0.3 is 312 Å². The number of benzene rings is 1. The van der Waals surface area contributed by atoms with Crippen molar-refractivity contribution in [3.63, 3.8) is 0 Å². The van der Waals surface area contributed by atoms with Crippen LogP contribution in [-0.4, -0.2) is 0 Å². The van der Waals surface area contributed by atoms with Crippen LogP contribution in [0.5, 0.6) is 0 Å². The Kier molecular flexibility index (Phi) is 9.29. The molecule has 0 aromatic heterocycles. The molecule has 1 aromatic carbocycles. The third-order valence-corrected chi connectivity index (χ3v) is 22.9. The van der Waals surface area contributed by atoms with Gasteiger partial charge in [-0.1, -0.05) is 0 Å². The van der Waals surface area contributed by atoms with E-state index in [0.717, 1.165) is 0 Å². The second-order valence-electron chi connectivity index (χ2n) is 19.3. The van der Waals surface area contributed by atoms with Crippen LogP contribution in [0.1, 0.15) is 95.1 Å². The molecule has 0 heterocycles. The second kappa shape index (κ2) is 12.1. The van der Waals surface area contributed by atoms with Gasteiger partial charge in [-0.05, 0) is 0 Å². The van der Waals surface area contributed by atoms with E-state index in [0.29, 0.717) is 21.4 Å². The van der Waals surface area contributed by atoms with Gasteiger partial charge in [0.2, 0.25) is 0 Å². The van der Waals surface area contributed by atoms with Crippen molar-refractivity contribution in [2.75, 3.05) is 0 Å². The topological polar surface area (TPSA) is 0 Å². The summed E-state index contributed by atoms with van der Waals surface area (Å²) in [6.07, 6.45) is 30.3. The summed E-state index contributed by atoms with van der Waals surface area (Å²) in [4.78, 5) is 0. The molecule has 8 aliphatic rings. The summed E-state index contributed by atoms with van der Waals surface area (Å²) in [6.45, 7) is 31.5. The van der Waals surface area contributed by atoms with E-state index in [9.17, 15) is 0 Å². The van der Waals surface area contributed by atoms with Crippen molar-refractivity contribution in [1.82, 2.24) is 0 Å². The minimum Gasteiger partial charge on any atom is -1.00 e. The van der Waals surface area contributed by atoms with Gasteiger partial charge in [0.25, 0.3) is 0 Å². The van der Waals surface area contributed by atoms with E-state index in [2.05, 4.69) is 180 Å². The average molecular weight is 799 g/mol. The summed E-state index contributed by atoms with van der Waals surface area (Å²) < 4.78 is 2.64. The first kappa shape index (κ1) is 39.3. The predicted octanol–water partition coefficient (Wildman–Crippen LogP) is 6.83. The molecule has 270 valence electrons. The molecule has 51 heavy (non-hydrogen) atoms. The summed E-state index contributed by atoms with van der Waals surface area (Å²) in [7, 11) is 0. The smallest absolute Gasteiger partial charge is 1.00 e. The van der Waals surface area contributed by atoms with Gasteiger partial charge in [-0.25, -0.2) is 0 Å². The Morgan fingerprint density at radius 1 is 0.706 bits per heavy atom. The SMILES string of the molecule is CCC1[C]([Zr+2][CH]2C3C=CC=C(C)C3(C)C3(C)C4(C)C=CC=CC4(C)C4(C)C=CC=CC4(C)C23C)=C2C(C(C)(C)C)=C1C2Cc1ccccc1.[Cl-].[Cl-]. The van der Waals surface area contributed by atoms with E-state index < -0.39 is 23.2 Å². The summed E-state index contributed by atoms with van der Waals surface area (Å²) in [6, 6.07) is 11.4. The summed E-state index contributed by atoms with van der Waals surface area (Å²) in [5.74, 6) is 1.81. The predicted molar refractivity (Wildman–Crippen MR) is 204 cm³/mol. The van der Waals surface area contributed by atoms with E-state index in [-0.39, 0.29) is 68.1 Å². The third kappa shape index (κ3) is 4.14. The van der Waals surface area contributed by atoms with Crippen LogP contribution in [-0.2, 0) is 29.7 Å². The normalized spacial score (nSPS) is 45.1. The third-order valence-electron chi connectivity index (χ3n) is 17.6. The van der Waals surface area contributed by atoms with Crippen LogP contribution < -0.4 is 24.8 Å². The van der Waals surface area contributed by atoms with Crippen molar-refractivity contribution in [2.24, 2.45) is 61.1 Å². The van der Waals surface area contributed by atoms with Crippen molar-refractivity contribution in [1.29, 1.82) is 0 Å². The summed E-state index contributed by atoms with van der Waals surface area (Å²) >= 11 is -1.16. The van der Waals surface area contributed by atoms with Gasteiger partial charge in [0.1, 0.15) is 0 Å². The monoisotopic (exact) mass is 796 g/mol. The molecule has 8 aliphatic carbocycles. The van der Waals surface area contributed by atoms with Crippen molar-refractivity contribution < 1.29 is 48.0 Å². The maximum Gasteiger partial charge on any atom is -1.00 e. The Labute approximate surface area is 334 Å². The van der Waals surface area contributed by atoms with Crippen molar-refractivity contribution in [3.05, 3.63) is 128 Å². The number of hydrogen-bond donors (Lipinski definition) is 0. The molecule has 11 atom stereocenters. The maximum absolute atomic E-state index is 2.83. The number of hydrogen-bond acceptors (Lipinski definition) is 0. The van der Waals surface area contributed by atoms with Crippen molar-refractivity contribution in [2.45, 2.75) is 99.6 Å². The molecule has 1 aromatic rings. The standard InChI is InChI=1S/C29H37.C19H23.2ClH.Zr/c1-21-14-13-15-22-20-27(6)25(4)18-10-9-16-23(25,2)24(3)17-11-12-19-26(24,5)29(27,8)28(21,22)7;1-5-14-12-16-15(11-13-9-7-6-8-10-13)17(14)18(16)19(2,3)4;;;/h9-20,22H,1-8H3;6-10,14-15H,5,11H2,1-4H3;2*1H;/q;;;;+2/p-2. The quantitative estimate of drug-likeness (QED) is 0.307. The molecule has 2 saturated carbocycles. The van der Waals surface area contributed by atoms with Gasteiger partial charge in [0.05, 0.1) is 0 Å². The Hall–Kier alpha value is -1.40. The Balaban J connectivity index is 0.00000224. The zero-order valence-corrected chi connectivity index (χ0v) is 37.2. The first-order chi connectivity index (χ1) is 22.9. The van der Waals surface area contributed by atoms with Crippen LogP contribution in [0.25, 0.3) is 0 Å². The fourth-order valence-electron chi connectivity index (χ4n) is 14.3.